The molecule has 0 aromatic carbocycles. The molecule has 6 nitrogen and oxygen atoms in total. The van der Waals surface area contributed by atoms with E-state index in [2.05, 4.69) is 31.7 Å². The van der Waals surface area contributed by atoms with E-state index in [0.29, 0.717) is 46.3 Å². The van der Waals surface area contributed by atoms with Crippen molar-refractivity contribution in [1.82, 2.24) is 20.6 Å². The third-order valence-electron chi connectivity index (χ3n) is 5.65. The summed E-state index contributed by atoms with van der Waals surface area (Å²) in [6.45, 7) is 2.02. The van der Waals surface area contributed by atoms with Crippen LogP contribution in [-0.4, -0.2) is 29.0 Å². The fraction of sp³-hybridized carbons (Fsp3) is 0.476. The van der Waals surface area contributed by atoms with Crippen LogP contribution >= 0.6 is 0 Å². The smallest absolute Gasteiger partial charge is 0.272 e. The first-order valence-electron chi connectivity index (χ1n) is 10.0. The molecule has 0 radical (unpaired) electrons. The van der Waals surface area contributed by atoms with Gasteiger partial charge in [-0.1, -0.05) is 19.3 Å². The third-order valence-corrected chi connectivity index (χ3v) is 5.65. The van der Waals surface area contributed by atoms with Crippen molar-refractivity contribution in [3.05, 3.63) is 35.2 Å². The van der Waals surface area contributed by atoms with Crippen LogP contribution in [0.3, 0.4) is 0 Å². The molecule has 4 rings (SSSR count). The van der Waals surface area contributed by atoms with Crippen molar-refractivity contribution in [2.45, 2.75) is 45.0 Å². The molecule has 2 aromatic heterocycles. The minimum Gasteiger partial charge on any atom is -0.356 e. The zero-order chi connectivity index (χ0) is 20.4. The number of nitriles is 1. The molecule has 1 fully saturated rings. The first kappa shape index (κ1) is 19.4. The Kier molecular flexibility index (Phi) is 5.22. The maximum absolute atomic E-state index is 13.8. The van der Waals surface area contributed by atoms with Gasteiger partial charge in [-0.2, -0.15) is 5.26 Å². The first-order chi connectivity index (χ1) is 14.0. The van der Waals surface area contributed by atoms with Crippen LogP contribution in [-0.2, 0) is 5.92 Å². The Morgan fingerprint density at radius 3 is 2.83 bits per heavy atom. The standard InChI is InChI=1S/C21H24F2N6/c1-21(22,23)15-7-16-17(12-26-19(16)25-11-15)18-14(8-24)10-28-20(29-18)27-9-13-5-3-2-4-6-13/h7,11-13H,2-6,9-10H2,1H3,(H,25,26)(H2,27,28,29). The Morgan fingerprint density at radius 1 is 1.31 bits per heavy atom. The monoisotopic (exact) mass is 398 g/mol. The van der Waals surface area contributed by atoms with Crippen LogP contribution in [0, 0.1) is 17.2 Å². The number of aliphatic imine (C=N–C) groups is 1. The lowest BCUT2D eigenvalue weighted by Gasteiger charge is -2.24. The summed E-state index contributed by atoms with van der Waals surface area (Å²) in [6, 6.07) is 3.60. The summed E-state index contributed by atoms with van der Waals surface area (Å²) in [5.41, 5.74) is 1.88. The number of pyridine rings is 1. The predicted molar refractivity (Wildman–Crippen MR) is 108 cm³/mol. The topological polar surface area (TPSA) is 88.9 Å². The molecule has 8 heteroatoms. The highest BCUT2D eigenvalue weighted by molar-refractivity contribution is 5.97. The molecule has 1 saturated carbocycles. The third kappa shape index (κ3) is 4.09. The molecule has 0 amide bonds. The molecule has 1 aliphatic carbocycles. The maximum Gasteiger partial charge on any atom is 0.272 e. The molecule has 2 aromatic rings. The van der Waals surface area contributed by atoms with Gasteiger partial charge in [-0.3, -0.25) is 0 Å². The molecular weight excluding hydrogens is 374 g/mol. The number of nitrogens with one attached hydrogen (secondary N) is 3. The SMILES string of the molecule is CC(F)(F)c1cnc2[nH]cc(C3=C(C#N)CNC(NCC4CCCCC4)=N3)c2c1. The Labute approximate surface area is 168 Å². The quantitative estimate of drug-likeness (QED) is 0.725. The van der Waals surface area contributed by atoms with Gasteiger partial charge in [0.1, 0.15) is 5.65 Å². The molecular formula is C21H24F2N6. The van der Waals surface area contributed by atoms with Crippen molar-refractivity contribution in [1.29, 1.82) is 5.26 Å². The molecule has 0 bridgehead atoms. The number of H-pyrrole nitrogens is 1. The summed E-state index contributed by atoms with van der Waals surface area (Å²) >= 11 is 0. The molecule has 0 spiro atoms. The predicted octanol–water partition coefficient (Wildman–Crippen LogP) is 4.04. The van der Waals surface area contributed by atoms with Crippen LogP contribution in [0.2, 0.25) is 0 Å². The largest absolute Gasteiger partial charge is 0.356 e. The lowest BCUT2D eigenvalue weighted by molar-refractivity contribution is 0.0173. The molecule has 152 valence electrons. The van der Waals surface area contributed by atoms with Gasteiger partial charge in [0.15, 0.2) is 5.96 Å². The Balaban J connectivity index is 1.65. The molecule has 1 aliphatic heterocycles. The van der Waals surface area contributed by atoms with Crippen molar-refractivity contribution in [2.24, 2.45) is 10.9 Å². The summed E-state index contributed by atoms with van der Waals surface area (Å²) in [5.74, 6) is -1.75. The number of hydrogen-bond acceptors (Lipinski definition) is 5. The van der Waals surface area contributed by atoms with E-state index in [1.807, 2.05) is 0 Å². The molecule has 29 heavy (non-hydrogen) atoms. The number of nitrogens with zero attached hydrogens (tertiary/aromatic N) is 3. The van der Waals surface area contributed by atoms with Crippen LogP contribution in [0.1, 0.15) is 50.2 Å². The lowest BCUT2D eigenvalue weighted by Crippen LogP contribution is -2.42. The minimum absolute atomic E-state index is 0.168. The first-order valence-corrected chi connectivity index (χ1v) is 10.0. The summed E-state index contributed by atoms with van der Waals surface area (Å²) in [5, 5.41) is 16.6. The molecule has 0 unspecified atom stereocenters. The summed E-state index contributed by atoms with van der Waals surface area (Å²) in [6.07, 6.45) is 9.12. The zero-order valence-corrected chi connectivity index (χ0v) is 16.4. The summed E-state index contributed by atoms with van der Waals surface area (Å²) in [7, 11) is 0. The van der Waals surface area contributed by atoms with Crippen molar-refractivity contribution in [3.8, 4) is 6.07 Å². The molecule has 0 saturated heterocycles. The van der Waals surface area contributed by atoms with Crippen molar-refractivity contribution >= 4 is 22.7 Å². The van der Waals surface area contributed by atoms with Gasteiger partial charge in [-0.25, -0.2) is 18.8 Å². The highest BCUT2D eigenvalue weighted by Gasteiger charge is 2.27. The molecule has 3 N–H and O–H groups in total. The fourth-order valence-corrected chi connectivity index (χ4v) is 3.96. The second kappa shape index (κ2) is 7.82. The number of aromatic amines is 1. The maximum atomic E-state index is 13.8. The van der Waals surface area contributed by atoms with Gasteiger partial charge < -0.3 is 15.6 Å². The zero-order valence-electron chi connectivity index (χ0n) is 16.4. The van der Waals surface area contributed by atoms with E-state index in [0.717, 1.165) is 13.5 Å². The van der Waals surface area contributed by atoms with Gasteiger partial charge in [0.25, 0.3) is 5.92 Å². The van der Waals surface area contributed by atoms with Gasteiger partial charge in [0.2, 0.25) is 0 Å². The van der Waals surface area contributed by atoms with Crippen LogP contribution < -0.4 is 10.6 Å². The van der Waals surface area contributed by atoms with E-state index in [1.54, 1.807) is 6.20 Å². The number of alkyl halides is 2. The van der Waals surface area contributed by atoms with Gasteiger partial charge >= 0.3 is 0 Å². The normalized spacial score (nSPS) is 18.3. The van der Waals surface area contributed by atoms with Crippen molar-refractivity contribution < 1.29 is 8.78 Å². The average molecular weight is 398 g/mol. The van der Waals surface area contributed by atoms with Crippen LogP contribution in [0.15, 0.2) is 29.0 Å². The van der Waals surface area contributed by atoms with Crippen LogP contribution in [0.5, 0.6) is 0 Å². The molecule has 3 heterocycles. The number of rotatable bonds is 4. The van der Waals surface area contributed by atoms with E-state index in [-0.39, 0.29) is 5.56 Å². The lowest BCUT2D eigenvalue weighted by atomic mass is 9.89. The Hall–Kier alpha value is -2.95. The van der Waals surface area contributed by atoms with Gasteiger partial charge in [-0.15, -0.1) is 0 Å². The summed E-state index contributed by atoms with van der Waals surface area (Å²) < 4.78 is 27.6. The number of halogens is 2. The Bertz CT molecular complexity index is 1000. The number of fused-ring (bicyclic) bond motifs is 1. The van der Waals surface area contributed by atoms with Crippen molar-refractivity contribution in [2.75, 3.05) is 13.1 Å². The minimum atomic E-state index is -2.99. The van der Waals surface area contributed by atoms with E-state index in [9.17, 15) is 14.0 Å². The highest BCUT2D eigenvalue weighted by atomic mass is 19.3. The number of guanidine groups is 1. The van der Waals surface area contributed by atoms with E-state index < -0.39 is 5.92 Å². The van der Waals surface area contributed by atoms with Crippen LogP contribution in [0.4, 0.5) is 8.78 Å². The Morgan fingerprint density at radius 2 is 2.10 bits per heavy atom. The van der Waals surface area contributed by atoms with Crippen LogP contribution in [0.25, 0.3) is 16.7 Å². The highest BCUT2D eigenvalue weighted by Crippen LogP contribution is 2.33. The fourth-order valence-electron chi connectivity index (χ4n) is 3.96. The van der Waals surface area contributed by atoms with E-state index in [1.165, 1.54) is 44.4 Å². The number of hydrogen-bond donors (Lipinski definition) is 3. The second-order valence-electron chi connectivity index (χ2n) is 7.85. The summed E-state index contributed by atoms with van der Waals surface area (Å²) in [4.78, 5) is 11.7. The molecule has 0 atom stereocenters. The van der Waals surface area contributed by atoms with E-state index in [4.69, 9.17) is 0 Å². The van der Waals surface area contributed by atoms with Gasteiger partial charge in [0, 0.05) is 42.4 Å². The van der Waals surface area contributed by atoms with Gasteiger partial charge in [-0.05, 0) is 24.8 Å². The number of aromatic nitrogens is 2. The van der Waals surface area contributed by atoms with Gasteiger partial charge in [0.05, 0.1) is 23.9 Å². The average Bonchev–Trinajstić information content (AvgIpc) is 3.15. The second-order valence-corrected chi connectivity index (χ2v) is 7.85. The van der Waals surface area contributed by atoms with E-state index >= 15 is 0 Å². The van der Waals surface area contributed by atoms with Crippen molar-refractivity contribution in [3.63, 3.8) is 0 Å². The molecule has 2 aliphatic rings.